The van der Waals surface area contributed by atoms with E-state index >= 15 is 0 Å². The Hall–Kier alpha value is 0.791. The van der Waals surface area contributed by atoms with Gasteiger partial charge in [-0.05, 0) is 28.1 Å². The molecule has 0 aliphatic carbocycles. The Bertz CT molecular complexity index is 298. The number of carbonyl (C=O) groups is 1. The van der Waals surface area contributed by atoms with Crippen LogP contribution < -0.4 is 56.1 Å². The van der Waals surface area contributed by atoms with E-state index in [9.17, 15) is 13.4 Å². The van der Waals surface area contributed by atoms with Crippen LogP contribution in [0.3, 0.4) is 0 Å². The van der Waals surface area contributed by atoms with E-state index in [1.807, 2.05) is 0 Å². The Morgan fingerprint density at radius 2 is 2.00 bits per heavy atom. The third-order valence-corrected chi connectivity index (χ3v) is 1.65. The van der Waals surface area contributed by atoms with E-state index in [0.29, 0.717) is 4.47 Å². The van der Waals surface area contributed by atoms with Crippen molar-refractivity contribution in [2.45, 2.75) is 0 Å². The van der Waals surface area contributed by atoms with E-state index in [2.05, 4.69) is 20.9 Å². The normalized spacial score (nSPS) is 8.21. The molecule has 14 heavy (non-hydrogen) atoms. The zero-order chi connectivity index (χ0) is 9.14. The number of hydrogen-bond donors (Lipinski definition) is 0. The van der Waals surface area contributed by atoms with Crippen LogP contribution in [0.4, 0.5) is 8.63 Å². The summed E-state index contributed by atoms with van der Waals surface area (Å²) in [7, 11) is -2.99. The Labute approximate surface area is 130 Å². The van der Waals surface area contributed by atoms with Crippen molar-refractivity contribution in [3.63, 3.8) is 0 Å². The molecule has 8 heteroatoms. The summed E-state index contributed by atoms with van der Waals surface area (Å²) < 4.78 is 24.3. The summed E-state index contributed by atoms with van der Waals surface area (Å²) in [6, 6.07) is 2.74. The Balaban J connectivity index is 0. The molecule has 0 fully saturated rings. The molecule has 0 radical (unpaired) electrons. The standard InChI is InChI=1S/C6H3BBrF2NO.FH.K/c8-4-1-2-5(11-3-4)6(12)7(9)10;;/h1-3H;1H;/q;;+1/p-1. The maximum atomic E-state index is 11.8. The van der Waals surface area contributed by atoms with E-state index < -0.39 is 12.9 Å². The first-order valence-electron chi connectivity index (χ1n) is 3.05. The number of aromatic nitrogens is 1. The van der Waals surface area contributed by atoms with E-state index in [-0.39, 0.29) is 61.8 Å². The molecule has 0 aliphatic heterocycles. The summed E-state index contributed by atoms with van der Waals surface area (Å²) in [6.07, 6.45) is 1.30. The van der Waals surface area contributed by atoms with Gasteiger partial charge in [0.2, 0.25) is 5.68 Å². The zero-order valence-corrected chi connectivity index (χ0v) is 11.9. The van der Waals surface area contributed by atoms with Gasteiger partial charge in [-0.15, -0.1) is 0 Å². The van der Waals surface area contributed by atoms with Gasteiger partial charge in [0.1, 0.15) is 5.69 Å². The van der Waals surface area contributed by atoms with Crippen molar-refractivity contribution in [2.24, 2.45) is 0 Å². The number of carbonyl (C=O) groups excluding carboxylic acids is 1. The fourth-order valence-electron chi connectivity index (χ4n) is 0.633. The Morgan fingerprint density at radius 1 is 1.43 bits per heavy atom. The van der Waals surface area contributed by atoms with Crippen molar-refractivity contribution in [1.29, 1.82) is 0 Å². The van der Waals surface area contributed by atoms with Crippen molar-refractivity contribution in [1.82, 2.24) is 4.98 Å². The minimum absolute atomic E-state index is 0. The maximum Gasteiger partial charge on any atom is 1.00 e. The number of rotatable bonds is 2. The van der Waals surface area contributed by atoms with Crippen LogP contribution in [0.5, 0.6) is 0 Å². The number of hydrogen-bond acceptors (Lipinski definition) is 2. The molecule has 0 atom stereocenters. The Morgan fingerprint density at radius 3 is 2.36 bits per heavy atom. The second-order valence-electron chi connectivity index (χ2n) is 2.03. The third kappa shape index (κ3) is 5.04. The van der Waals surface area contributed by atoms with Crippen LogP contribution in [0.25, 0.3) is 0 Å². The second-order valence-corrected chi connectivity index (χ2v) is 2.94. The molecule has 0 aliphatic rings. The van der Waals surface area contributed by atoms with Gasteiger partial charge < -0.3 is 4.70 Å². The predicted molar refractivity (Wildman–Crippen MR) is 44.2 cm³/mol. The van der Waals surface area contributed by atoms with Crippen LogP contribution >= 0.6 is 15.9 Å². The fraction of sp³-hybridized carbons (Fsp3) is 0. The summed E-state index contributed by atoms with van der Waals surface area (Å²) in [5, 5.41) is 0. The molecule has 1 aromatic heterocycles. The molecule has 70 valence electrons. The van der Waals surface area contributed by atoms with Crippen molar-refractivity contribution in [3.8, 4) is 0 Å². The second kappa shape index (κ2) is 8.00. The first-order valence-corrected chi connectivity index (χ1v) is 3.84. The van der Waals surface area contributed by atoms with Crippen LogP contribution in [0.2, 0.25) is 0 Å². The summed E-state index contributed by atoms with van der Waals surface area (Å²) in [5.41, 5.74) is -1.46. The molecule has 0 aromatic carbocycles. The quantitative estimate of drug-likeness (QED) is 0.520. The summed E-state index contributed by atoms with van der Waals surface area (Å²) >= 11 is 3.07. The van der Waals surface area contributed by atoms with Crippen molar-refractivity contribution < 1.29 is 69.5 Å². The van der Waals surface area contributed by atoms with Crippen molar-refractivity contribution >= 4 is 28.9 Å². The van der Waals surface area contributed by atoms with Crippen LogP contribution in [0.15, 0.2) is 22.8 Å². The molecule has 0 saturated heterocycles. The van der Waals surface area contributed by atoms with Gasteiger partial charge in [-0.1, -0.05) is 0 Å². The van der Waals surface area contributed by atoms with Crippen LogP contribution in [-0.4, -0.2) is 17.9 Å². The van der Waals surface area contributed by atoms with Crippen LogP contribution in [0.1, 0.15) is 10.5 Å². The van der Waals surface area contributed by atoms with Gasteiger partial charge in [0.25, 0.3) is 0 Å². The molecular weight excluding hydrogens is 289 g/mol. The van der Waals surface area contributed by atoms with E-state index in [4.69, 9.17) is 0 Å². The molecule has 0 amide bonds. The molecule has 0 bridgehead atoms. The Kier molecular flexibility index (Phi) is 9.83. The van der Waals surface area contributed by atoms with E-state index in [0.717, 1.165) is 0 Å². The smallest absolute Gasteiger partial charge is 1.00 e. The molecule has 2 nitrogen and oxygen atoms in total. The van der Waals surface area contributed by atoms with Crippen molar-refractivity contribution in [2.75, 3.05) is 0 Å². The summed E-state index contributed by atoms with van der Waals surface area (Å²) in [4.78, 5) is 14.2. The third-order valence-electron chi connectivity index (χ3n) is 1.18. The van der Waals surface area contributed by atoms with Gasteiger partial charge in [-0.3, -0.25) is 18.4 Å². The maximum absolute atomic E-state index is 11.8. The van der Waals surface area contributed by atoms with Gasteiger partial charge in [-0.2, -0.15) is 0 Å². The minimum atomic E-state index is -2.99. The fourth-order valence-corrected chi connectivity index (χ4v) is 0.868. The van der Waals surface area contributed by atoms with E-state index in [1.165, 1.54) is 18.3 Å². The van der Waals surface area contributed by atoms with Crippen LogP contribution in [-0.2, 0) is 0 Å². The summed E-state index contributed by atoms with van der Waals surface area (Å²) in [5.74, 6) is 0. The largest absolute Gasteiger partial charge is 1.00 e. The van der Waals surface area contributed by atoms with Gasteiger partial charge in [0.05, 0.1) is 0 Å². The molecule has 1 heterocycles. The van der Waals surface area contributed by atoms with Crippen molar-refractivity contribution in [3.05, 3.63) is 28.5 Å². The SMILES string of the molecule is O=C(B(F)F)c1ccc(Br)cn1.[F-].[K+]. The molecular formula is C6H3BBrF3KNO. The van der Waals surface area contributed by atoms with Gasteiger partial charge in [0.15, 0.2) is 0 Å². The number of halogens is 4. The summed E-state index contributed by atoms with van der Waals surface area (Å²) in [6.45, 7) is 0. The first kappa shape index (κ1) is 17.2. The topological polar surface area (TPSA) is 30.0 Å². The van der Waals surface area contributed by atoms with Crippen LogP contribution in [0, 0.1) is 0 Å². The molecule has 1 aromatic rings. The average Bonchev–Trinajstić information content (AvgIpc) is 2.04. The molecule has 0 unspecified atom stereocenters. The molecule has 0 N–H and O–H groups in total. The molecule has 0 spiro atoms. The number of pyridine rings is 1. The van der Waals surface area contributed by atoms with Gasteiger partial charge in [0, 0.05) is 10.7 Å². The molecule has 1 rings (SSSR count). The van der Waals surface area contributed by atoms with E-state index in [1.54, 1.807) is 0 Å². The van der Waals surface area contributed by atoms with Gasteiger partial charge >= 0.3 is 58.7 Å². The zero-order valence-electron chi connectivity index (χ0n) is 7.18. The van der Waals surface area contributed by atoms with Gasteiger partial charge in [-0.25, -0.2) is 0 Å². The minimum Gasteiger partial charge on any atom is -1.00 e. The predicted octanol–water partition coefficient (Wildman–Crippen LogP) is -4.00. The monoisotopic (exact) mass is 291 g/mol. The average molecular weight is 292 g/mol. The molecule has 0 saturated carbocycles. The number of nitrogens with zero attached hydrogens (tertiary/aromatic N) is 1. The first-order chi connectivity index (χ1) is 5.61.